The Bertz CT molecular complexity index is 763. The molecule has 0 N–H and O–H groups in total. The normalized spacial score (nSPS) is 10.7. The molecule has 3 aromatic rings. The largest absolute Gasteiger partial charge is 0.423 e. The van der Waals surface area contributed by atoms with Gasteiger partial charge in [-0.3, -0.25) is 0 Å². The van der Waals surface area contributed by atoms with E-state index in [0.717, 1.165) is 11.1 Å². The van der Waals surface area contributed by atoms with Crippen molar-refractivity contribution < 1.29 is 13.9 Å². The lowest BCUT2D eigenvalue weighted by Gasteiger charge is -2.01. The molecule has 3 rings (SSSR count). The Balaban J connectivity index is 1.63. The van der Waals surface area contributed by atoms with Gasteiger partial charge < -0.3 is 9.15 Å². The first-order chi connectivity index (χ1) is 10.8. The van der Waals surface area contributed by atoms with Crippen LogP contribution in [0.15, 0.2) is 71.5 Å². The molecule has 0 atom stereocenters. The van der Waals surface area contributed by atoms with Crippen LogP contribution in [-0.2, 0) is 4.79 Å². The molecule has 0 unspecified atom stereocenters. The van der Waals surface area contributed by atoms with E-state index in [2.05, 4.69) is 10.2 Å². The molecule has 0 spiro atoms. The molecule has 22 heavy (non-hydrogen) atoms. The third-order valence-corrected chi connectivity index (χ3v) is 2.89. The van der Waals surface area contributed by atoms with E-state index in [1.54, 1.807) is 30.3 Å². The molecule has 5 nitrogen and oxygen atoms in total. The van der Waals surface area contributed by atoms with Crippen LogP contribution in [0.4, 0.5) is 0 Å². The van der Waals surface area contributed by atoms with Crippen LogP contribution in [0.25, 0.3) is 17.5 Å². The van der Waals surface area contributed by atoms with Gasteiger partial charge in [0, 0.05) is 11.6 Å². The number of benzene rings is 2. The van der Waals surface area contributed by atoms with Gasteiger partial charge in [0.25, 0.3) is 0 Å². The Hall–Kier alpha value is -3.21. The maximum Gasteiger partial charge on any atom is 0.336 e. The number of nitrogens with zero attached hydrogens (tertiary/aromatic N) is 2. The molecule has 108 valence electrons. The minimum Gasteiger partial charge on any atom is -0.423 e. The minimum absolute atomic E-state index is 0.418. The molecule has 0 aliphatic rings. The summed E-state index contributed by atoms with van der Waals surface area (Å²) < 4.78 is 10.3. The summed E-state index contributed by atoms with van der Waals surface area (Å²) in [4.78, 5) is 11.7. The first-order valence-electron chi connectivity index (χ1n) is 6.63. The van der Waals surface area contributed by atoms with Crippen LogP contribution >= 0.6 is 0 Å². The molecule has 0 saturated carbocycles. The predicted octanol–water partition coefficient (Wildman–Crippen LogP) is 3.36. The van der Waals surface area contributed by atoms with Crippen molar-refractivity contribution in [3.63, 3.8) is 0 Å². The average Bonchev–Trinajstić information content (AvgIpc) is 3.09. The van der Waals surface area contributed by atoms with Gasteiger partial charge >= 0.3 is 5.97 Å². The van der Waals surface area contributed by atoms with Gasteiger partial charge in [0.2, 0.25) is 12.3 Å². The lowest BCUT2D eigenvalue weighted by Crippen LogP contribution is -2.03. The van der Waals surface area contributed by atoms with Gasteiger partial charge in [0.1, 0.15) is 5.75 Å². The Kier molecular flexibility index (Phi) is 4.06. The summed E-state index contributed by atoms with van der Waals surface area (Å²) in [6, 6.07) is 16.4. The highest BCUT2D eigenvalue weighted by Crippen LogP contribution is 2.20. The third-order valence-electron chi connectivity index (χ3n) is 2.89. The van der Waals surface area contributed by atoms with Crippen molar-refractivity contribution >= 4 is 12.0 Å². The van der Waals surface area contributed by atoms with E-state index in [-0.39, 0.29) is 0 Å². The molecule has 1 aromatic heterocycles. The highest BCUT2D eigenvalue weighted by Gasteiger charge is 2.05. The van der Waals surface area contributed by atoms with Crippen molar-refractivity contribution in [2.24, 2.45) is 0 Å². The summed E-state index contributed by atoms with van der Waals surface area (Å²) in [5, 5.41) is 7.42. The number of esters is 1. The van der Waals surface area contributed by atoms with Crippen LogP contribution in [0.5, 0.6) is 5.75 Å². The number of hydrogen-bond acceptors (Lipinski definition) is 5. The van der Waals surface area contributed by atoms with E-state index in [4.69, 9.17) is 9.15 Å². The minimum atomic E-state index is -0.436. The van der Waals surface area contributed by atoms with Crippen molar-refractivity contribution in [1.29, 1.82) is 0 Å². The number of ether oxygens (including phenoxy) is 1. The van der Waals surface area contributed by atoms with Gasteiger partial charge in [0.15, 0.2) is 0 Å². The van der Waals surface area contributed by atoms with Gasteiger partial charge in [-0.2, -0.15) is 0 Å². The van der Waals surface area contributed by atoms with Crippen LogP contribution < -0.4 is 4.74 Å². The van der Waals surface area contributed by atoms with Crippen molar-refractivity contribution in [2.45, 2.75) is 0 Å². The first-order valence-corrected chi connectivity index (χ1v) is 6.63. The summed E-state index contributed by atoms with van der Waals surface area (Å²) in [6.45, 7) is 0. The van der Waals surface area contributed by atoms with E-state index < -0.39 is 5.97 Å². The molecule has 0 aliphatic carbocycles. The standard InChI is InChI=1S/C17H12N2O3/c20-16(11-6-13-4-2-1-3-5-13)22-15-9-7-14(8-10-15)17-19-18-12-21-17/h1-12H/b11-6+. The maximum atomic E-state index is 11.7. The molecular weight excluding hydrogens is 280 g/mol. The first kappa shape index (κ1) is 13.8. The van der Waals surface area contributed by atoms with Gasteiger partial charge in [-0.1, -0.05) is 30.3 Å². The van der Waals surface area contributed by atoms with Crippen molar-refractivity contribution in [3.05, 3.63) is 72.6 Å². The molecule has 1 heterocycles. The van der Waals surface area contributed by atoms with Crippen molar-refractivity contribution in [1.82, 2.24) is 10.2 Å². The van der Waals surface area contributed by atoms with Crippen molar-refractivity contribution in [2.75, 3.05) is 0 Å². The van der Waals surface area contributed by atoms with Gasteiger partial charge in [-0.05, 0) is 35.9 Å². The molecule has 0 amide bonds. The Morgan fingerprint density at radius 2 is 1.82 bits per heavy atom. The fourth-order valence-corrected chi connectivity index (χ4v) is 1.84. The Morgan fingerprint density at radius 1 is 1.05 bits per heavy atom. The number of rotatable bonds is 4. The van der Waals surface area contributed by atoms with E-state index in [1.165, 1.54) is 12.5 Å². The molecule has 0 fully saturated rings. The monoisotopic (exact) mass is 292 g/mol. The van der Waals surface area contributed by atoms with Crippen LogP contribution in [0, 0.1) is 0 Å². The van der Waals surface area contributed by atoms with Gasteiger partial charge in [0.05, 0.1) is 0 Å². The second kappa shape index (κ2) is 6.49. The molecular formula is C17H12N2O3. The second-order valence-corrected chi connectivity index (χ2v) is 4.43. The summed E-state index contributed by atoms with van der Waals surface area (Å²) in [6.07, 6.45) is 4.36. The molecule has 0 bridgehead atoms. The molecule has 0 radical (unpaired) electrons. The van der Waals surface area contributed by atoms with Crippen LogP contribution in [-0.4, -0.2) is 16.2 Å². The topological polar surface area (TPSA) is 65.2 Å². The summed E-state index contributed by atoms with van der Waals surface area (Å²) in [7, 11) is 0. The molecule has 0 saturated heterocycles. The zero-order chi connectivity index (χ0) is 15.2. The van der Waals surface area contributed by atoms with E-state index in [0.29, 0.717) is 11.6 Å². The Morgan fingerprint density at radius 3 is 2.50 bits per heavy atom. The smallest absolute Gasteiger partial charge is 0.336 e. The average molecular weight is 292 g/mol. The SMILES string of the molecule is O=C(/C=C/c1ccccc1)Oc1ccc(-c2nnco2)cc1. The fraction of sp³-hybridized carbons (Fsp3) is 0. The lowest BCUT2D eigenvalue weighted by molar-refractivity contribution is -0.128. The highest BCUT2D eigenvalue weighted by atomic mass is 16.5. The van der Waals surface area contributed by atoms with Gasteiger partial charge in [-0.25, -0.2) is 4.79 Å². The third kappa shape index (κ3) is 3.46. The van der Waals surface area contributed by atoms with Crippen LogP contribution in [0.2, 0.25) is 0 Å². The van der Waals surface area contributed by atoms with Gasteiger partial charge in [-0.15, -0.1) is 10.2 Å². The van der Waals surface area contributed by atoms with E-state index in [9.17, 15) is 4.79 Å². The number of carbonyl (C=O) groups is 1. The lowest BCUT2D eigenvalue weighted by atomic mass is 10.2. The highest BCUT2D eigenvalue weighted by molar-refractivity contribution is 5.88. The van der Waals surface area contributed by atoms with Crippen LogP contribution in [0.1, 0.15) is 5.56 Å². The molecule has 5 heteroatoms. The zero-order valence-corrected chi connectivity index (χ0v) is 11.5. The second-order valence-electron chi connectivity index (χ2n) is 4.43. The quantitative estimate of drug-likeness (QED) is 0.419. The summed E-state index contributed by atoms with van der Waals surface area (Å²) >= 11 is 0. The number of carbonyl (C=O) groups excluding carboxylic acids is 1. The summed E-state index contributed by atoms with van der Waals surface area (Å²) in [5.41, 5.74) is 1.70. The Labute approximate surface area is 126 Å². The van der Waals surface area contributed by atoms with E-state index >= 15 is 0 Å². The predicted molar refractivity (Wildman–Crippen MR) is 80.8 cm³/mol. The molecule has 0 aliphatic heterocycles. The number of hydrogen-bond donors (Lipinski definition) is 0. The summed E-state index contributed by atoms with van der Waals surface area (Å²) in [5.74, 6) is 0.433. The maximum absolute atomic E-state index is 11.7. The zero-order valence-electron chi connectivity index (χ0n) is 11.5. The number of aromatic nitrogens is 2. The van der Waals surface area contributed by atoms with E-state index in [1.807, 2.05) is 30.3 Å². The fourth-order valence-electron chi connectivity index (χ4n) is 1.84. The van der Waals surface area contributed by atoms with Crippen molar-refractivity contribution in [3.8, 4) is 17.2 Å². The molecule has 2 aromatic carbocycles. The van der Waals surface area contributed by atoms with Crippen LogP contribution in [0.3, 0.4) is 0 Å².